The fourth-order valence-corrected chi connectivity index (χ4v) is 2.73. The van der Waals surface area contributed by atoms with E-state index in [1.807, 2.05) is 41.8 Å². The minimum Gasteiger partial charge on any atom is -0.387 e. The number of aromatic nitrogens is 2. The molecule has 0 aliphatic carbocycles. The molecule has 0 saturated carbocycles. The molecule has 1 amide bonds. The highest BCUT2D eigenvalue weighted by Gasteiger charge is 2.13. The van der Waals surface area contributed by atoms with Gasteiger partial charge in [0, 0.05) is 6.54 Å². The number of carbonyl (C=O) groups excluding carboxylic acids is 1. The molecule has 0 bridgehead atoms. The van der Waals surface area contributed by atoms with Crippen LogP contribution in [0.5, 0.6) is 0 Å². The lowest BCUT2D eigenvalue weighted by atomic mass is 10.1. The van der Waals surface area contributed by atoms with Gasteiger partial charge in [0.15, 0.2) is 0 Å². The quantitative estimate of drug-likeness (QED) is 0.749. The number of benzene rings is 1. The Morgan fingerprint density at radius 2 is 2.04 bits per heavy atom. The molecule has 2 aromatic heterocycles. The third kappa shape index (κ3) is 3.95. The third-order valence-electron chi connectivity index (χ3n) is 3.21. The van der Waals surface area contributed by atoms with Crippen LogP contribution in [0.1, 0.15) is 5.56 Å². The molecule has 0 spiro atoms. The number of nitrogens with one attached hydrogen (secondary N) is 1. The minimum absolute atomic E-state index is 0.150. The average Bonchev–Trinajstić information content (AvgIpc) is 3.19. The van der Waals surface area contributed by atoms with Crippen molar-refractivity contribution in [2.45, 2.75) is 13.0 Å². The molecule has 0 fully saturated rings. The first-order chi connectivity index (χ1) is 11.2. The number of nitrogens with zero attached hydrogens (tertiary/aromatic N) is 2. The zero-order valence-corrected chi connectivity index (χ0v) is 13.1. The molecule has 6 nitrogen and oxygen atoms in total. The summed E-state index contributed by atoms with van der Waals surface area (Å²) in [5, 5.41) is 8.68. The zero-order chi connectivity index (χ0) is 16.1. The van der Waals surface area contributed by atoms with E-state index in [4.69, 9.17) is 4.42 Å². The van der Waals surface area contributed by atoms with Crippen LogP contribution in [-0.2, 0) is 17.8 Å². The normalized spacial score (nSPS) is 10.6. The number of rotatable bonds is 6. The monoisotopic (exact) mass is 329 g/mol. The standard InChI is InChI=1S/C16H15N3O3S/c20-14(17-9-8-12-5-2-1-3-6-12)11-19-16(21)22-15(18-19)13-7-4-10-23-13/h1-7,10H,8-9,11H2,(H,17,20). The van der Waals surface area contributed by atoms with Crippen molar-refractivity contribution >= 4 is 17.2 Å². The topological polar surface area (TPSA) is 77.1 Å². The van der Waals surface area contributed by atoms with Gasteiger partial charge in [0.05, 0.1) is 4.88 Å². The van der Waals surface area contributed by atoms with E-state index < -0.39 is 5.76 Å². The molecule has 0 aliphatic rings. The highest BCUT2D eigenvalue weighted by Crippen LogP contribution is 2.20. The molecule has 0 atom stereocenters. The number of carbonyl (C=O) groups is 1. The van der Waals surface area contributed by atoms with Crippen molar-refractivity contribution in [2.24, 2.45) is 0 Å². The van der Waals surface area contributed by atoms with Crippen LogP contribution < -0.4 is 11.1 Å². The van der Waals surface area contributed by atoms with Crippen molar-refractivity contribution in [3.05, 3.63) is 64.0 Å². The van der Waals surface area contributed by atoms with Gasteiger partial charge in [0.1, 0.15) is 6.54 Å². The molecule has 1 aromatic carbocycles. The van der Waals surface area contributed by atoms with Crippen LogP contribution in [0.3, 0.4) is 0 Å². The largest absolute Gasteiger partial charge is 0.437 e. The van der Waals surface area contributed by atoms with Crippen molar-refractivity contribution in [3.8, 4) is 10.8 Å². The van der Waals surface area contributed by atoms with Gasteiger partial charge in [-0.05, 0) is 23.4 Å². The Kier molecular flexibility index (Phi) is 4.68. The van der Waals surface area contributed by atoms with Crippen molar-refractivity contribution in [3.63, 3.8) is 0 Å². The Balaban J connectivity index is 1.55. The average molecular weight is 329 g/mol. The molecule has 0 aliphatic heterocycles. The lowest BCUT2D eigenvalue weighted by Crippen LogP contribution is -2.32. The van der Waals surface area contributed by atoms with Crippen molar-refractivity contribution in [2.75, 3.05) is 6.54 Å². The van der Waals surface area contributed by atoms with Crippen LogP contribution in [0.2, 0.25) is 0 Å². The predicted octanol–water partition coefficient (Wildman–Crippen LogP) is 1.92. The molecule has 0 unspecified atom stereocenters. The first-order valence-corrected chi connectivity index (χ1v) is 8.03. The van der Waals surface area contributed by atoms with Crippen LogP contribution in [0.25, 0.3) is 10.8 Å². The van der Waals surface area contributed by atoms with E-state index in [9.17, 15) is 9.59 Å². The molecule has 23 heavy (non-hydrogen) atoms. The van der Waals surface area contributed by atoms with Crippen LogP contribution in [0, 0.1) is 0 Å². The first-order valence-electron chi connectivity index (χ1n) is 7.15. The van der Waals surface area contributed by atoms with E-state index in [1.54, 1.807) is 6.07 Å². The van der Waals surface area contributed by atoms with Gasteiger partial charge in [-0.3, -0.25) is 4.79 Å². The van der Waals surface area contributed by atoms with E-state index in [1.165, 1.54) is 11.3 Å². The summed E-state index contributed by atoms with van der Waals surface area (Å²) in [6.45, 7) is 0.357. The van der Waals surface area contributed by atoms with Gasteiger partial charge < -0.3 is 9.73 Å². The number of amides is 1. The lowest BCUT2D eigenvalue weighted by molar-refractivity contribution is -0.121. The van der Waals surface area contributed by atoms with Gasteiger partial charge in [-0.25, -0.2) is 4.79 Å². The fraction of sp³-hybridized carbons (Fsp3) is 0.188. The Morgan fingerprint density at radius 3 is 2.78 bits per heavy atom. The molecule has 7 heteroatoms. The maximum atomic E-state index is 11.9. The van der Waals surface area contributed by atoms with E-state index >= 15 is 0 Å². The maximum Gasteiger partial charge on any atom is 0.437 e. The SMILES string of the molecule is O=C(Cn1nc(-c2cccs2)oc1=O)NCCc1ccccc1. The van der Waals surface area contributed by atoms with Gasteiger partial charge in [-0.15, -0.1) is 16.4 Å². The Bertz CT molecular complexity index is 822. The fourth-order valence-electron chi connectivity index (χ4n) is 2.09. The summed E-state index contributed by atoms with van der Waals surface area (Å²) < 4.78 is 6.10. The summed E-state index contributed by atoms with van der Waals surface area (Å²) in [6, 6.07) is 13.5. The summed E-state index contributed by atoms with van der Waals surface area (Å²) in [6.07, 6.45) is 0.737. The Labute approximate surface area is 136 Å². The molecule has 1 N–H and O–H groups in total. The number of hydrogen-bond donors (Lipinski definition) is 1. The molecule has 118 valence electrons. The van der Waals surface area contributed by atoms with Crippen molar-refractivity contribution in [1.82, 2.24) is 15.1 Å². The van der Waals surface area contributed by atoms with Gasteiger partial charge in [-0.1, -0.05) is 36.4 Å². The summed E-state index contributed by atoms with van der Waals surface area (Å²) in [5.41, 5.74) is 1.14. The molecule has 2 heterocycles. The summed E-state index contributed by atoms with van der Waals surface area (Å²) in [5.74, 6) is -0.664. The number of thiophene rings is 1. The van der Waals surface area contributed by atoms with E-state index in [-0.39, 0.29) is 18.3 Å². The van der Waals surface area contributed by atoms with Crippen molar-refractivity contribution in [1.29, 1.82) is 0 Å². The first kappa shape index (κ1) is 15.2. The highest BCUT2D eigenvalue weighted by atomic mass is 32.1. The second-order valence-corrected chi connectivity index (χ2v) is 5.84. The van der Waals surface area contributed by atoms with E-state index in [0.29, 0.717) is 6.54 Å². The molecule has 3 rings (SSSR count). The molecule has 0 radical (unpaired) electrons. The van der Waals surface area contributed by atoms with Crippen molar-refractivity contribution < 1.29 is 9.21 Å². The Hall–Kier alpha value is -2.67. The second kappa shape index (κ2) is 7.06. The Morgan fingerprint density at radius 1 is 1.22 bits per heavy atom. The highest BCUT2D eigenvalue weighted by molar-refractivity contribution is 7.13. The molecule has 3 aromatic rings. The van der Waals surface area contributed by atoms with Crippen LogP contribution >= 0.6 is 11.3 Å². The smallest absolute Gasteiger partial charge is 0.387 e. The van der Waals surface area contributed by atoms with Gasteiger partial charge >= 0.3 is 5.76 Å². The molecule has 0 saturated heterocycles. The molecular formula is C16H15N3O3S. The lowest BCUT2D eigenvalue weighted by Gasteiger charge is -2.04. The van der Waals surface area contributed by atoms with Crippen LogP contribution in [0.15, 0.2) is 57.1 Å². The molecular weight excluding hydrogens is 314 g/mol. The maximum absolute atomic E-state index is 11.9. The van der Waals surface area contributed by atoms with Gasteiger partial charge in [-0.2, -0.15) is 4.68 Å². The van der Waals surface area contributed by atoms with E-state index in [0.717, 1.165) is 21.5 Å². The second-order valence-electron chi connectivity index (χ2n) is 4.89. The van der Waals surface area contributed by atoms with E-state index in [2.05, 4.69) is 10.4 Å². The summed E-state index contributed by atoms with van der Waals surface area (Å²) >= 11 is 1.42. The van der Waals surface area contributed by atoms with Crippen LogP contribution in [0.4, 0.5) is 0 Å². The summed E-state index contributed by atoms with van der Waals surface area (Å²) in [4.78, 5) is 24.4. The zero-order valence-electron chi connectivity index (χ0n) is 12.3. The van der Waals surface area contributed by atoms with Gasteiger partial charge in [0.2, 0.25) is 5.91 Å². The minimum atomic E-state index is -0.633. The third-order valence-corrected chi connectivity index (χ3v) is 4.07. The van der Waals surface area contributed by atoms with Gasteiger partial charge in [0.25, 0.3) is 5.89 Å². The van der Waals surface area contributed by atoms with Crippen LogP contribution in [-0.4, -0.2) is 22.2 Å². The summed E-state index contributed by atoms with van der Waals surface area (Å²) in [7, 11) is 0. The predicted molar refractivity (Wildman–Crippen MR) is 87.2 cm³/mol. The number of hydrogen-bond acceptors (Lipinski definition) is 5.